The fraction of sp³-hybridized carbons (Fsp3) is 0.316. The third-order valence-corrected chi connectivity index (χ3v) is 5.08. The largest absolute Gasteiger partial charge is 0.322 e. The molecule has 0 saturated carbocycles. The first kappa shape index (κ1) is 17.6. The van der Waals surface area contributed by atoms with Crippen LogP contribution in [-0.4, -0.2) is 27.1 Å². The molecule has 0 aromatic heterocycles. The van der Waals surface area contributed by atoms with E-state index in [9.17, 15) is 13.2 Å². The zero-order valence-corrected chi connectivity index (χ0v) is 15.0. The maximum absolute atomic E-state index is 12.4. The molecular weight excluding hydrogens is 336 g/mol. The standard InChI is InChI=1S/C19H22N2O3S/c1-25(23,24)20-12-11-14-5-7-16(8-6-14)19(22)21-18-10-9-15-3-2-4-17(15)13-18/h5-10,13,20H,2-4,11-12H2,1H3,(H,21,22). The smallest absolute Gasteiger partial charge is 0.255 e. The number of fused-ring (bicyclic) bond motifs is 1. The van der Waals surface area contributed by atoms with Gasteiger partial charge in [-0.1, -0.05) is 18.2 Å². The average molecular weight is 358 g/mol. The molecule has 132 valence electrons. The predicted molar refractivity (Wildman–Crippen MR) is 99.4 cm³/mol. The summed E-state index contributed by atoms with van der Waals surface area (Å²) in [5, 5.41) is 2.94. The summed E-state index contributed by atoms with van der Waals surface area (Å²) in [7, 11) is -3.17. The van der Waals surface area contributed by atoms with E-state index in [1.807, 2.05) is 18.2 Å². The van der Waals surface area contributed by atoms with Gasteiger partial charge in [0.2, 0.25) is 10.0 Å². The van der Waals surface area contributed by atoms with E-state index in [1.54, 1.807) is 12.1 Å². The van der Waals surface area contributed by atoms with Crippen molar-refractivity contribution < 1.29 is 13.2 Å². The van der Waals surface area contributed by atoms with Gasteiger partial charge in [-0.15, -0.1) is 0 Å². The van der Waals surface area contributed by atoms with Crippen LogP contribution in [0.25, 0.3) is 0 Å². The third-order valence-electron chi connectivity index (χ3n) is 4.35. The van der Waals surface area contributed by atoms with E-state index in [-0.39, 0.29) is 5.91 Å². The molecule has 2 aromatic carbocycles. The molecule has 1 aliphatic rings. The Bertz CT molecular complexity index is 874. The second-order valence-electron chi connectivity index (χ2n) is 6.40. The van der Waals surface area contributed by atoms with E-state index in [0.717, 1.165) is 30.3 Å². The summed E-state index contributed by atoms with van der Waals surface area (Å²) in [5.74, 6) is -0.140. The minimum atomic E-state index is -3.17. The number of anilines is 1. The first-order chi connectivity index (χ1) is 11.9. The molecule has 0 spiro atoms. The first-order valence-electron chi connectivity index (χ1n) is 8.37. The highest BCUT2D eigenvalue weighted by atomic mass is 32.2. The lowest BCUT2D eigenvalue weighted by molar-refractivity contribution is 0.102. The Morgan fingerprint density at radius 1 is 1.04 bits per heavy atom. The molecule has 1 amide bonds. The van der Waals surface area contributed by atoms with Crippen molar-refractivity contribution in [2.75, 3.05) is 18.1 Å². The zero-order chi connectivity index (χ0) is 17.9. The van der Waals surface area contributed by atoms with Crippen LogP contribution in [-0.2, 0) is 29.3 Å². The highest BCUT2D eigenvalue weighted by molar-refractivity contribution is 7.88. The molecule has 1 aliphatic carbocycles. The number of benzene rings is 2. The molecule has 0 unspecified atom stereocenters. The van der Waals surface area contributed by atoms with Crippen molar-refractivity contribution in [3.05, 3.63) is 64.7 Å². The number of carbonyl (C=O) groups excluding carboxylic acids is 1. The van der Waals surface area contributed by atoms with E-state index < -0.39 is 10.0 Å². The predicted octanol–water partition coefficient (Wildman–Crippen LogP) is 2.52. The first-order valence-corrected chi connectivity index (χ1v) is 10.3. The molecule has 0 saturated heterocycles. The second-order valence-corrected chi connectivity index (χ2v) is 8.24. The van der Waals surface area contributed by atoms with Crippen LogP contribution >= 0.6 is 0 Å². The van der Waals surface area contributed by atoms with Crippen molar-refractivity contribution in [2.24, 2.45) is 0 Å². The molecule has 0 atom stereocenters. The average Bonchev–Trinajstić information content (AvgIpc) is 3.02. The number of hydrogen-bond acceptors (Lipinski definition) is 3. The van der Waals surface area contributed by atoms with Gasteiger partial charge in [0.15, 0.2) is 0 Å². The van der Waals surface area contributed by atoms with Gasteiger partial charge in [0.25, 0.3) is 5.91 Å². The summed E-state index contributed by atoms with van der Waals surface area (Å²) in [6, 6.07) is 13.3. The Balaban J connectivity index is 1.59. The van der Waals surface area contributed by atoms with Gasteiger partial charge in [0.1, 0.15) is 0 Å². The van der Waals surface area contributed by atoms with Gasteiger partial charge in [0.05, 0.1) is 6.26 Å². The molecule has 0 heterocycles. The monoisotopic (exact) mass is 358 g/mol. The SMILES string of the molecule is CS(=O)(=O)NCCc1ccc(C(=O)Nc2ccc3c(c2)CCC3)cc1. The van der Waals surface area contributed by atoms with Crippen LogP contribution in [0.4, 0.5) is 5.69 Å². The van der Waals surface area contributed by atoms with Gasteiger partial charge in [-0.2, -0.15) is 0 Å². The Kier molecular flexibility index (Phi) is 5.20. The van der Waals surface area contributed by atoms with E-state index in [0.29, 0.717) is 18.5 Å². The van der Waals surface area contributed by atoms with Crippen molar-refractivity contribution in [3.8, 4) is 0 Å². The minimum absolute atomic E-state index is 0.140. The highest BCUT2D eigenvalue weighted by Gasteiger charge is 2.12. The van der Waals surface area contributed by atoms with Crippen molar-refractivity contribution in [2.45, 2.75) is 25.7 Å². The number of carbonyl (C=O) groups is 1. The number of hydrogen-bond donors (Lipinski definition) is 2. The second kappa shape index (κ2) is 7.37. The maximum Gasteiger partial charge on any atom is 0.255 e. The summed E-state index contributed by atoms with van der Waals surface area (Å²) in [6.45, 7) is 0.347. The van der Waals surface area contributed by atoms with Crippen LogP contribution in [0.1, 0.15) is 33.5 Å². The van der Waals surface area contributed by atoms with Crippen molar-refractivity contribution in [3.63, 3.8) is 0 Å². The van der Waals surface area contributed by atoms with Crippen LogP contribution in [0.5, 0.6) is 0 Å². The summed E-state index contributed by atoms with van der Waals surface area (Å²) in [5.41, 5.74) is 5.09. The van der Waals surface area contributed by atoms with Gasteiger partial charge in [0, 0.05) is 17.8 Å². The lowest BCUT2D eigenvalue weighted by Gasteiger charge is -2.08. The van der Waals surface area contributed by atoms with Crippen LogP contribution < -0.4 is 10.0 Å². The topological polar surface area (TPSA) is 75.3 Å². The normalized spacial score (nSPS) is 13.5. The summed E-state index contributed by atoms with van der Waals surface area (Å²) in [4.78, 5) is 12.4. The zero-order valence-electron chi connectivity index (χ0n) is 14.2. The molecule has 0 aliphatic heterocycles. The van der Waals surface area contributed by atoms with E-state index >= 15 is 0 Å². The molecule has 5 nitrogen and oxygen atoms in total. The van der Waals surface area contributed by atoms with Crippen LogP contribution in [0.3, 0.4) is 0 Å². The maximum atomic E-state index is 12.4. The number of nitrogens with one attached hydrogen (secondary N) is 2. The summed E-state index contributed by atoms with van der Waals surface area (Å²) in [6.07, 6.45) is 5.11. The molecule has 2 N–H and O–H groups in total. The number of aryl methyl sites for hydroxylation is 2. The molecule has 3 rings (SSSR count). The fourth-order valence-corrected chi connectivity index (χ4v) is 3.53. The van der Waals surface area contributed by atoms with E-state index in [1.165, 1.54) is 17.5 Å². The minimum Gasteiger partial charge on any atom is -0.322 e. The van der Waals surface area contributed by atoms with Crippen molar-refractivity contribution in [1.29, 1.82) is 0 Å². The van der Waals surface area contributed by atoms with Gasteiger partial charge in [-0.05, 0) is 66.6 Å². The number of sulfonamides is 1. The summed E-state index contributed by atoms with van der Waals surface area (Å²) < 4.78 is 24.5. The van der Waals surface area contributed by atoms with Crippen LogP contribution in [0.15, 0.2) is 42.5 Å². The van der Waals surface area contributed by atoms with Gasteiger partial charge >= 0.3 is 0 Å². The molecule has 0 fully saturated rings. The molecule has 6 heteroatoms. The quantitative estimate of drug-likeness (QED) is 0.833. The summed E-state index contributed by atoms with van der Waals surface area (Å²) >= 11 is 0. The Labute approximate surface area is 148 Å². The van der Waals surface area contributed by atoms with Crippen molar-refractivity contribution >= 4 is 21.6 Å². The highest BCUT2D eigenvalue weighted by Crippen LogP contribution is 2.25. The van der Waals surface area contributed by atoms with Crippen LogP contribution in [0.2, 0.25) is 0 Å². The number of rotatable bonds is 6. The molecule has 2 aromatic rings. The van der Waals surface area contributed by atoms with E-state index in [2.05, 4.69) is 22.2 Å². The lowest BCUT2D eigenvalue weighted by atomic mass is 10.1. The van der Waals surface area contributed by atoms with Crippen LogP contribution in [0, 0.1) is 0 Å². The molecule has 0 bridgehead atoms. The number of amides is 1. The van der Waals surface area contributed by atoms with Crippen molar-refractivity contribution in [1.82, 2.24) is 4.72 Å². The Hall–Kier alpha value is -2.18. The fourth-order valence-electron chi connectivity index (χ4n) is 3.06. The van der Waals surface area contributed by atoms with Gasteiger partial charge in [-0.3, -0.25) is 4.79 Å². The molecular formula is C19H22N2O3S. The lowest BCUT2D eigenvalue weighted by Crippen LogP contribution is -2.24. The Morgan fingerprint density at radius 3 is 2.48 bits per heavy atom. The van der Waals surface area contributed by atoms with Gasteiger partial charge < -0.3 is 5.32 Å². The molecule has 0 radical (unpaired) electrons. The van der Waals surface area contributed by atoms with E-state index in [4.69, 9.17) is 0 Å². The third kappa shape index (κ3) is 4.90. The van der Waals surface area contributed by atoms with Gasteiger partial charge in [-0.25, -0.2) is 13.1 Å². The molecule has 25 heavy (non-hydrogen) atoms. The Morgan fingerprint density at radius 2 is 1.76 bits per heavy atom.